The smallest absolute Gasteiger partial charge is 0.225 e. The van der Waals surface area contributed by atoms with Crippen molar-refractivity contribution in [3.63, 3.8) is 0 Å². The van der Waals surface area contributed by atoms with E-state index >= 15 is 0 Å². The highest BCUT2D eigenvalue weighted by atomic mass is 16.5. The molecule has 1 saturated heterocycles. The van der Waals surface area contributed by atoms with Crippen LogP contribution in [-0.2, 0) is 9.53 Å². The second-order valence-corrected chi connectivity index (χ2v) is 3.69. The first-order valence-electron chi connectivity index (χ1n) is 5.40. The second kappa shape index (κ2) is 6.97. The minimum atomic E-state index is -0.0942. The van der Waals surface area contributed by atoms with Gasteiger partial charge < -0.3 is 14.7 Å². The molecule has 17 heavy (non-hydrogen) atoms. The van der Waals surface area contributed by atoms with Gasteiger partial charge in [0.15, 0.2) is 0 Å². The van der Waals surface area contributed by atoms with Crippen molar-refractivity contribution in [3.05, 3.63) is 0 Å². The Hall–Kier alpha value is -1.47. The molecule has 7 heteroatoms. The standard InChI is InChI=1S/C10H18N4O3/c1-11-10(13-7-16)12-6-14(2)9-4-3-8(5-15)17-9/h6-9,15H,3-5H2,1-2H3,(H,11,13,16)/b12-6-. The van der Waals surface area contributed by atoms with Crippen molar-refractivity contribution in [1.82, 2.24) is 10.2 Å². The van der Waals surface area contributed by atoms with E-state index in [9.17, 15) is 4.79 Å². The minimum Gasteiger partial charge on any atom is -0.394 e. The normalized spacial score (nSPS) is 25.2. The first-order valence-corrected chi connectivity index (χ1v) is 5.40. The molecule has 96 valence electrons. The van der Waals surface area contributed by atoms with Gasteiger partial charge in [-0.2, -0.15) is 0 Å². The molecule has 1 heterocycles. The summed E-state index contributed by atoms with van der Waals surface area (Å²) < 4.78 is 5.55. The molecule has 1 aliphatic heterocycles. The number of carbonyl (C=O) groups excluding carboxylic acids is 1. The summed E-state index contributed by atoms with van der Waals surface area (Å²) in [6.45, 7) is 0.0375. The number of aliphatic imine (C=N–C) groups is 2. The molecule has 2 atom stereocenters. The fraction of sp³-hybridized carbons (Fsp3) is 0.700. The van der Waals surface area contributed by atoms with Gasteiger partial charge in [-0.25, -0.2) is 4.99 Å². The van der Waals surface area contributed by atoms with Crippen molar-refractivity contribution in [2.75, 3.05) is 20.7 Å². The van der Waals surface area contributed by atoms with Crippen LogP contribution >= 0.6 is 0 Å². The second-order valence-electron chi connectivity index (χ2n) is 3.69. The quantitative estimate of drug-likeness (QED) is 0.383. The van der Waals surface area contributed by atoms with Crippen LogP contribution < -0.4 is 5.32 Å². The lowest BCUT2D eigenvalue weighted by Gasteiger charge is -2.21. The fourth-order valence-electron chi connectivity index (χ4n) is 1.55. The Morgan fingerprint density at radius 2 is 2.41 bits per heavy atom. The Labute approximate surface area is 100 Å². The van der Waals surface area contributed by atoms with Crippen LogP contribution in [0.4, 0.5) is 0 Å². The SMILES string of the molecule is CN=C(/N=C\N(C)C1CCC(CO)O1)NC=O. The van der Waals surface area contributed by atoms with Crippen LogP contribution in [0.25, 0.3) is 0 Å². The summed E-state index contributed by atoms with van der Waals surface area (Å²) in [5.74, 6) is 0.239. The van der Waals surface area contributed by atoms with Gasteiger partial charge in [0, 0.05) is 14.1 Å². The highest BCUT2D eigenvalue weighted by Gasteiger charge is 2.26. The summed E-state index contributed by atoms with van der Waals surface area (Å²) in [5.41, 5.74) is 0. The Balaban J connectivity index is 2.46. The van der Waals surface area contributed by atoms with Crippen LogP contribution in [0.2, 0.25) is 0 Å². The van der Waals surface area contributed by atoms with Gasteiger partial charge in [0.1, 0.15) is 6.23 Å². The number of hydrogen-bond donors (Lipinski definition) is 2. The van der Waals surface area contributed by atoms with E-state index in [1.807, 2.05) is 7.05 Å². The van der Waals surface area contributed by atoms with E-state index in [0.717, 1.165) is 12.8 Å². The average molecular weight is 242 g/mol. The summed E-state index contributed by atoms with van der Waals surface area (Å²) in [5, 5.41) is 11.3. The monoisotopic (exact) mass is 242 g/mol. The zero-order valence-electron chi connectivity index (χ0n) is 10.0. The molecule has 2 unspecified atom stereocenters. The van der Waals surface area contributed by atoms with E-state index < -0.39 is 0 Å². The number of hydrogen-bond acceptors (Lipinski definition) is 4. The van der Waals surface area contributed by atoms with E-state index in [1.54, 1.807) is 11.2 Å². The fourth-order valence-corrected chi connectivity index (χ4v) is 1.55. The first kappa shape index (κ1) is 13.6. The molecule has 0 aromatic heterocycles. The lowest BCUT2D eigenvalue weighted by molar-refractivity contribution is -0.108. The number of ether oxygens (including phenoxy) is 1. The lowest BCUT2D eigenvalue weighted by Crippen LogP contribution is -2.32. The number of aliphatic hydroxyl groups is 1. The third-order valence-electron chi connectivity index (χ3n) is 2.50. The Morgan fingerprint density at radius 1 is 1.65 bits per heavy atom. The summed E-state index contributed by atoms with van der Waals surface area (Å²) in [7, 11) is 3.36. The van der Waals surface area contributed by atoms with Crippen molar-refractivity contribution in [3.8, 4) is 0 Å². The van der Waals surface area contributed by atoms with Gasteiger partial charge >= 0.3 is 0 Å². The Kier molecular flexibility index (Phi) is 5.58. The maximum Gasteiger partial charge on any atom is 0.225 e. The molecule has 0 aromatic carbocycles. The largest absolute Gasteiger partial charge is 0.394 e. The van der Waals surface area contributed by atoms with Gasteiger partial charge in [-0.1, -0.05) is 0 Å². The van der Waals surface area contributed by atoms with Crippen LogP contribution in [0.5, 0.6) is 0 Å². The maximum atomic E-state index is 10.2. The summed E-state index contributed by atoms with van der Waals surface area (Å²) in [6, 6.07) is 0. The molecular formula is C10H18N4O3. The molecule has 1 rings (SSSR count). The summed E-state index contributed by atoms with van der Waals surface area (Å²) in [6.07, 6.45) is 3.55. The third kappa shape index (κ3) is 4.12. The van der Waals surface area contributed by atoms with Crippen LogP contribution in [0.15, 0.2) is 9.98 Å². The van der Waals surface area contributed by atoms with Gasteiger partial charge in [0.25, 0.3) is 0 Å². The van der Waals surface area contributed by atoms with E-state index in [0.29, 0.717) is 6.41 Å². The van der Waals surface area contributed by atoms with Gasteiger partial charge in [-0.15, -0.1) is 0 Å². The molecule has 0 radical (unpaired) electrons. The van der Waals surface area contributed by atoms with Gasteiger partial charge in [0.05, 0.1) is 19.0 Å². The molecular weight excluding hydrogens is 224 g/mol. The van der Waals surface area contributed by atoms with Crippen LogP contribution in [0.1, 0.15) is 12.8 Å². The van der Waals surface area contributed by atoms with Crippen molar-refractivity contribution in [2.45, 2.75) is 25.2 Å². The van der Waals surface area contributed by atoms with Crippen molar-refractivity contribution < 1.29 is 14.6 Å². The van der Waals surface area contributed by atoms with Crippen LogP contribution in [0.3, 0.4) is 0 Å². The Morgan fingerprint density at radius 3 is 2.94 bits per heavy atom. The molecule has 0 bridgehead atoms. The number of amides is 1. The molecule has 0 aromatic rings. The number of aliphatic hydroxyl groups excluding tert-OH is 1. The van der Waals surface area contributed by atoms with Gasteiger partial charge in [-0.05, 0) is 12.8 Å². The molecule has 7 nitrogen and oxygen atoms in total. The predicted octanol–water partition coefficient (Wildman–Crippen LogP) is -0.824. The molecule has 0 aliphatic carbocycles. The number of rotatable bonds is 4. The summed E-state index contributed by atoms with van der Waals surface area (Å²) in [4.78, 5) is 19.8. The van der Waals surface area contributed by atoms with E-state index in [4.69, 9.17) is 9.84 Å². The van der Waals surface area contributed by atoms with E-state index in [2.05, 4.69) is 15.3 Å². The van der Waals surface area contributed by atoms with Crippen molar-refractivity contribution in [1.29, 1.82) is 0 Å². The van der Waals surface area contributed by atoms with Gasteiger partial charge in [-0.3, -0.25) is 15.1 Å². The molecule has 1 aliphatic rings. The molecule has 2 N–H and O–H groups in total. The molecule has 0 spiro atoms. The van der Waals surface area contributed by atoms with Gasteiger partial charge in [0.2, 0.25) is 12.4 Å². The number of carbonyl (C=O) groups is 1. The molecule has 1 fully saturated rings. The lowest BCUT2D eigenvalue weighted by atomic mass is 10.2. The zero-order chi connectivity index (χ0) is 12.7. The number of guanidine groups is 1. The topological polar surface area (TPSA) is 86.5 Å². The number of nitrogens with one attached hydrogen (secondary N) is 1. The molecule has 1 amide bonds. The van der Waals surface area contributed by atoms with Crippen LogP contribution in [0, 0.1) is 0 Å². The number of nitrogens with zero attached hydrogens (tertiary/aromatic N) is 3. The summed E-state index contributed by atoms with van der Waals surface area (Å²) >= 11 is 0. The van der Waals surface area contributed by atoms with E-state index in [-0.39, 0.29) is 24.9 Å². The molecule has 0 saturated carbocycles. The highest BCUT2D eigenvalue weighted by Crippen LogP contribution is 2.20. The maximum absolute atomic E-state index is 10.2. The predicted molar refractivity (Wildman–Crippen MR) is 63.8 cm³/mol. The third-order valence-corrected chi connectivity index (χ3v) is 2.50. The van der Waals surface area contributed by atoms with Crippen LogP contribution in [-0.4, -0.2) is 61.7 Å². The van der Waals surface area contributed by atoms with Crippen molar-refractivity contribution >= 4 is 18.7 Å². The van der Waals surface area contributed by atoms with E-state index in [1.165, 1.54) is 7.05 Å². The minimum absolute atomic E-state index is 0.0375. The van der Waals surface area contributed by atoms with Crippen molar-refractivity contribution in [2.24, 2.45) is 9.98 Å². The Bertz CT molecular complexity index is 306. The highest BCUT2D eigenvalue weighted by molar-refractivity contribution is 5.93. The average Bonchev–Trinajstić information content (AvgIpc) is 2.82. The first-order chi connectivity index (χ1) is 8.21. The zero-order valence-corrected chi connectivity index (χ0v) is 10.0.